The van der Waals surface area contributed by atoms with Crippen molar-refractivity contribution in [3.8, 4) is 0 Å². The van der Waals surface area contributed by atoms with E-state index in [1.165, 1.54) is 25.6 Å². The summed E-state index contributed by atoms with van der Waals surface area (Å²) in [5.41, 5.74) is 1.25. The van der Waals surface area contributed by atoms with Crippen LogP contribution in [0.15, 0.2) is 36.9 Å². The maximum Gasteiger partial charge on any atom is 0.338 e. The number of nitrogens with zero attached hydrogens (tertiary/aromatic N) is 3. The summed E-state index contributed by atoms with van der Waals surface area (Å²) in [7, 11) is 0. The van der Waals surface area contributed by atoms with E-state index in [0.29, 0.717) is 29.9 Å². The molecule has 0 N–H and O–H groups in total. The third kappa shape index (κ3) is 3.49. The highest BCUT2D eigenvalue weighted by Gasteiger charge is 2.55. The smallest absolute Gasteiger partial charge is 0.338 e. The Morgan fingerprint density at radius 1 is 1.10 bits per heavy atom. The number of hydrogen-bond donors (Lipinski definition) is 0. The Morgan fingerprint density at radius 2 is 1.72 bits per heavy atom. The number of aromatic nitrogens is 3. The molecule has 4 fully saturated rings. The fraction of sp³-hybridized carbons (Fsp3) is 0.565. The van der Waals surface area contributed by atoms with Crippen LogP contribution >= 0.6 is 0 Å². The number of Topliss-reactive ketones (excluding diaryl/α,β-unsaturated/α-hetero) is 1. The number of benzene rings is 1. The Bertz CT molecular complexity index is 869. The molecule has 2 aromatic rings. The van der Waals surface area contributed by atoms with Crippen LogP contribution in [0.25, 0.3) is 0 Å². The van der Waals surface area contributed by atoms with Gasteiger partial charge < -0.3 is 4.74 Å². The van der Waals surface area contributed by atoms with E-state index in [1.54, 1.807) is 30.1 Å². The van der Waals surface area contributed by atoms with Crippen LogP contribution < -0.4 is 0 Å². The summed E-state index contributed by atoms with van der Waals surface area (Å²) in [6.45, 7) is 2.34. The van der Waals surface area contributed by atoms with Gasteiger partial charge in [-0.3, -0.25) is 4.79 Å². The standard InChI is InChI=1S/C23H27N3O3/c1-15(21(27)23-9-17-6-18(10-23)8-19(7-17)11-23)29-22(28)20-4-2-16(3-5-20)12-26-14-24-13-25-26/h2-5,13-15,17-19H,6-12H2,1H3/t15-,17?,18?,19?,23?/m0/s1. The molecule has 4 bridgehead atoms. The largest absolute Gasteiger partial charge is 0.451 e. The van der Waals surface area contributed by atoms with E-state index in [0.717, 1.165) is 24.8 Å². The van der Waals surface area contributed by atoms with Crippen LogP contribution in [0.5, 0.6) is 0 Å². The molecule has 1 atom stereocenters. The molecule has 0 amide bonds. The average Bonchev–Trinajstić information content (AvgIpc) is 3.20. The lowest BCUT2D eigenvalue weighted by molar-refractivity contribution is -0.152. The molecule has 0 unspecified atom stereocenters. The molecule has 6 nitrogen and oxygen atoms in total. The molecular weight excluding hydrogens is 366 g/mol. The summed E-state index contributed by atoms with van der Waals surface area (Å²) in [5.74, 6) is 1.82. The van der Waals surface area contributed by atoms with Gasteiger partial charge in [0, 0.05) is 5.41 Å². The Hall–Kier alpha value is -2.50. The fourth-order valence-corrected chi connectivity index (χ4v) is 6.37. The van der Waals surface area contributed by atoms with Crippen LogP contribution in [0, 0.1) is 23.2 Å². The molecule has 29 heavy (non-hydrogen) atoms. The summed E-state index contributed by atoms with van der Waals surface area (Å²) in [5, 5.41) is 4.08. The van der Waals surface area contributed by atoms with Gasteiger partial charge in [-0.2, -0.15) is 5.10 Å². The third-order valence-corrected chi connectivity index (χ3v) is 7.21. The van der Waals surface area contributed by atoms with Gasteiger partial charge >= 0.3 is 5.97 Å². The number of ether oxygens (including phenoxy) is 1. The summed E-state index contributed by atoms with van der Waals surface area (Å²) in [6.07, 6.45) is 9.33. The van der Waals surface area contributed by atoms with E-state index in [9.17, 15) is 9.59 Å². The second kappa shape index (κ2) is 7.08. The van der Waals surface area contributed by atoms with Gasteiger partial charge in [-0.25, -0.2) is 14.5 Å². The summed E-state index contributed by atoms with van der Waals surface area (Å²) in [6, 6.07) is 7.25. The summed E-state index contributed by atoms with van der Waals surface area (Å²) < 4.78 is 7.34. The molecule has 152 valence electrons. The maximum absolute atomic E-state index is 13.3. The van der Waals surface area contributed by atoms with Crippen molar-refractivity contribution < 1.29 is 14.3 Å². The molecule has 1 aromatic carbocycles. The molecule has 6 rings (SSSR count). The maximum atomic E-state index is 13.3. The van der Waals surface area contributed by atoms with Crippen molar-refractivity contribution in [2.75, 3.05) is 0 Å². The van der Waals surface area contributed by atoms with E-state index >= 15 is 0 Å². The number of hydrogen-bond acceptors (Lipinski definition) is 5. The zero-order valence-electron chi connectivity index (χ0n) is 16.8. The summed E-state index contributed by atoms with van der Waals surface area (Å²) >= 11 is 0. The second-order valence-electron chi connectivity index (χ2n) is 9.40. The van der Waals surface area contributed by atoms with E-state index < -0.39 is 12.1 Å². The molecule has 0 spiro atoms. The lowest BCUT2D eigenvalue weighted by Gasteiger charge is -2.56. The molecule has 0 aliphatic heterocycles. The SMILES string of the molecule is C[C@H](OC(=O)c1ccc(Cn2cncn2)cc1)C(=O)C12CC3CC(CC(C3)C1)C2. The third-order valence-electron chi connectivity index (χ3n) is 7.21. The van der Waals surface area contributed by atoms with E-state index in [4.69, 9.17) is 4.74 Å². The number of esters is 1. The van der Waals surface area contributed by atoms with E-state index in [-0.39, 0.29) is 11.2 Å². The highest BCUT2D eigenvalue weighted by Crippen LogP contribution is 2.60. The van der Waals surface area contributed by atoms with Crippen LogP contribution in [0.2, 0.25) is 0 Å². The van der Waals surface area contributed by atoms with E-state index in [1.807, 2.05) is 12.1 Å². The highest BCUT2D eigenvalue weighted by atomic mass is 16.5. The zero-order valence-corrected chi connectivity index (χ0v) is 16.8. The molecule has 1 heterocycles. The van der Waals surface area contributed by atoms with Gasteiger partial charge in [-0.1, -0.05) is 12.1 Å². The van der Waals surface area contributed by atoms with Crippen LogP contribution in [-0.4, -0.2) is 32.6 Å². The van der Waals surface area contributed by atoms with Gasteiger partial charge in [0.15, 0.2) is 11.9 Å². The van der Waals surface area contributed by atoms with Crippen LogP contribution in [-0.2, 0) is 16.1 Å². The molecule has 1 aromatic heterocycles. The molecule has 0 saturated heterocycles. The van der Waals surface area contributed by atoms with Crippen molar-refractivity contribution in [2.45, 2.75) is 58.1 Å². The molecular formula is C23H27N3O3. The first kappa shape index (κ1) is 18.5. The van der Waals surface area contributed by atoms with Crippen molar-refractivity contribution in [1.82, 2.24) is 14.8 Å². The van der Waals surface area contributed by atoms with Gasteiger partial charge in [0.25, 0.3) is 0 Å². The predicted octanol–water partition coefficient (Wildman–Crippen LogP) is 3.66. The minimum Gasteiger partial charge on any atom is -0.451 e. The van der Waals surface area contributed by atoms with Crippen LogP contribution in [0.1, 0.15) is 61.4 Å². The normalized spacial score (nSPS) is 30.9. The molecule has 4 aliphatic carbocycles. The van der Waals surface area contributed by atoms with Gasteiger partial charge in [-0.05, 0) is 80.9 Å². The van der Waals surface area contributed by atoms with Crippen LogP contribution in [0.3, 0.4) is 0 Å². The van der Waals surface area contributed by atoms with Crippen molar-refractivity contribution in [1.29, 1.82) is 0 Å². The number of ketones is 1. The Morgan fingerprint density at radius 3 is 2.28 bits per heavy atom. The topological polar surface area (TPSA) is 74.1 Å². The number of carbonyl (C=O) groups excluding carboxylic acids is 2. The van der Waals surface area contributed by atoms with Gasteiger partial charge in [0.05, 0.1) is 12.1 Å². The van der Waals surface area contributed by atoms with Crippen molar-refractivity contribution >= 4 is 11.8 Å². The van der Waals surface area contributed by atoms with E-state index in [2.05, 4.69) is 10.1 Å². The first-order chi connectivity index (χ1) is 14.0. The lowest BCUT2D eigenvalue weighted by atomic mass is 9.48. The second-order valence-corrected chi connectivity index (χ2v) is 9.40. The molecule has 6 heteroatoms. The summed E-state index contributed by atoms with van der Waals surface area (Å²) in [4.78, 5) is 29.8. The average molecular weight is 393 g/mol. The molecule has 4 saturated carbocycles. The van der Waals surface area contributed by atoms with Crippen LogP contribution in [0.4, 0.5) is 0 Å². The lowest BCUT2D eigenvalue weighted by Crippen LogP contribution is -2.52. The quantitative estimate of drug-likeness (QED) is 0.700. The minimum absolute atomic E-state index is 0.146. The zero-order chi connectivity index (χ0) is 20.0. The molecule has 4 aliphatic rings. The first-order valence-corrected chi connectivity index (χ1v) is 10.7. The highest BCUT2D eigenvalue weighted by molar-refractivity contribution is 5.94. The number of rotatable bonds is 6. The Balaban J connectivity index is 1.23. The van der Waals surface area contributed by atoms with Crippen molar-refractivity contribution in [2.24, 2.45) is 23.2 Å². The number of carbonyl (C=O) groups is 2. The van der Waals surface area contributed by atoms with Crippen molar-refractivity contribution in [3.63, 3.8) is 0 Å². The predicted molar refractivity (Wildman–Crippen MR) is 106 cm³/mol. The van der Waals surface area contributed by atoms with Crippen molar-refractivity contribution in [3.05, 3.63) is 48.0 Å². The van der Waals surface area contributed by atoms with Gasteiger partial charge in [-0.15, -0.1) is 0 Å². The van der Waals surface area contributed by atoms with Gasteiger partial charge in [0.1, 0.15) is 12.7 Å². The fourth-order valence-electron chi connectivity index (χ4n) is 6.37. The molecule has 0 radical (unpaired) electrons. The Kier molecular flexibility index (Phi) is 4.52. The first-order valence-electron chi connectivity index (χ1n) is 10.7. The minimum atomic E-state index is -0.687. The monoisotopic (exact) mass is 393 g/mol. The van der Waals surface area contributed by atoms with Gasteiger partial charge in [0.2, 0.25) is 0 Å². The Labute approximate surface area is 170 Å².